The van der Waals surface area contributed by atoms with Crippen LogP contribution < -0.4 is 0 Å². The summed E-state index contributed by atoms with van der Waals surface area (Å²) in [6.45, 7) is 2.08. The number of nitrogens with one attached hydrogen (secondary N) is 1. The lowest BCUT2D eigenvalue weighted by Crippen LogP contribution is -1.80. The van der Waals surface area contributed by atoms with E-state index in [0.29, 0.717) is 5.88 Å². The molecule has 0 unspecified atom stereocenters. The van der Waals surface area contributed by atoms with E-state index < -0.39 is 0 Å². The van der Waals surface area contributed by atoms with Gasteiger partial charge in [0.15, 0.2) is 0 Å². The number of hydrogen-bond donors (Lipinski definition) is 1. The first-order chi connectivity index (χ1) is 8.76. The second-order valence-electron chi connectivity index (χ2n) is 4.44. The molecule has 0 amide bonds. The number of halogens is 1. The Kier molecular flexibility index (Phi) is 2.80. The minimum Gasteiger partial charge on any atom is -0.338 e. The van der Waals surface area contributed by atoms with Gasteiger partial charge in [-0.2, -0.15) is 0 Å². The van der Waals surface area contributed by atoms with Gasteiger partial charge in [0.1, 0.15) is 5.82 Å². The highest BCUT2D eigenvalue weighted by atomic mass is 35.5. The Morgan fingerprint density at radius 3 is 2.61 bits per heavy atom. The van der Waals surface area contributed by atoms with E-state index in [1.807, 2.05) is 18.2 Å². The van der Waals surface area contributed by atoms with Gasteiger partial charge in [-0.05, 0) is 24.6 Å². The fourth-order valence-corrected chi connectivity index (χ4v) is 2.15. The van der Waals surface area contributed by atoms with Crippen LogP contribution in [0.3, 0.4) is 0 Å². The molecule has 18 heavy (non-hydrogen) atoms. The van der Waals surface area contributed by atoms with Gasteiger partial charge in [0.2, 0.25) is 0 Å². The summed E-state index contributed by atoms with van der Waals surface area (Å²) < 4.78 is 0. The highest BCUT2D eigenvalue weighted by Crippen LogP contribution is 2.22. The van der Waals surface area contributed by atoms with Crippen molar-refractivity contribution in [2.75, 3.05) is 0 Å². The predicted molar refractivity (Wildman–Crippen MR) is 75.8 cm³/mol. The second-order valence-corrected chi connectivity index (χ2v) is 4.70. The van der Waals surface area contributed by atoms with Crippen LogP contribution in [0.15, 0.2) is 42.5 Å². The van der Waals surface area contributed by atoms with E-state index in [4.69, 9.17) is 11.6 Å². The van der Waals surface area contributed by atoms with E-state index in [-0.39, 0.29) is 0 Å². The van der Waals surface area contributed by atoms with Crippen LogP contribution >= 0.6 is 11.6 Å². The molecule has 1 heterocycles. The van der Waals surface area contributed by atoms with Crippen molar-refractivity contribution >= 4 is 22.6 Å². The summed E-state index contributed by atoms with van der Waals surface area (Å²) in [6.07, 6.45) is 0. The number of fused-ring (bicyclic) bond motifs is 1. The maximum Gasteiger partial charge on any atom is 0.138 e. The van der Waals surface area contributed by atoms with Gasteiger partial charge >= 0.3 is 0 Å². The standard InChI is InChI=1S/C15H13ClN2/c1-10-2-5-12(6-3-10)15-17-13-7-4-11(9-16)8-14(13)18-15/h2-8H,9H2,1H3,(H,17,18). The fourth-order valence-electron chi connectivity index (χ4n) is 1.99. The van der Waals surface area contributed by atoms with Crippen LogP contribution in [0, 0.1) is 6.92 Å². The third-order valence-electron chi connectivity index (χ3n) is 3.03. The number of rotatable bonds is 2. The summed E-state index contributed by atoms with van der Waals surface area (Å²) in [4.78, 5) is 7.93. The summed E-state index contributed by atoms with van der Waals surface area (Å²) in [5.74, 6) is 1.42. The van der Waals surface area contributed by atoms with E-state index in [1.165, 1.54) is 5.56 Å². The third kappa shape index (κ3) is 2.00. The van der Waals surface area contributed by atoms with Gasteiger partial charge in [0, 0.05) is 11.4 Å². The lowest BCUT2D eigenvalue weighted by atomic mass is 10.1. The molecule has 0 aliphatic rings. The van der Waals surface area contributed by atoms with Crippen molar-refractivity contribution in [3.8, 4) is 11.4 Å². The van der Waals surface area contributed by atoms with Crippen molar-refractivity contribution in [3.05, 3.63) is 53.6 Å². The number of aryl methyl sites for hydroxylation is 1. The first-order valence-electron chi connectivity index (χ1n) is 5.88. The van der Waals surface area contributed by atoms with Crippen molar-refractivity contribution < 1.29 is 0 Å². The molecular formula is C15H13ClN2. The van der Waals surface area contributed by atoms with Crippen LogP contribution in [0.25, 0.3) is 22.4 Å². The molecule has 0 aliphatic carbocycles. The highest BCUT2D eigenvalue weighted by molar-refractivity contribution is 6.17. The van der Waals surface area contributed by atoms with Crippen molar-refractivity contribution in [1.29, 1.82) is 0 Å². The number of imidazole rings is 1. The average Bonchev–Trinajstić information content (AvgIpc) is 2.82. The SMILES string of the molecule is Cc1ccc(-c2nc3ccc(CCl)cc3[nH]2)cc1. The van der Waals surface area contributed by atoms with E-state index in [9.17, 15) is 0 Å². The van der Waals surface area contributed by atoms with Gasteiger partial charge < -0.3 is 4.98 Å². The number of aromatic amines is 1. The van der Waals surface area contributed by atoms with Crippen LogP contribution in [-0.4, -0.2) is 9.97 Å². The lowest BCUT2D eigenvalue weighted by molar-refractivity contribution is 1.33. The molecule has 2 aromatic carbocycles. The molecule has 2 nitrogen and oxygen atoms in total. The van der Waals surface area contributed by atoms with E-state index >= 15 is 0 Å². The Balaban J connectivity index is 2.10. The van der Waals surface area contributed by atoms with Gasteiger partial charge in [0.25, 0.3) is 0 Å². The Morgan fingerprint density at radius 1 is 1.11 bits per heavy atom. The maximum atomic E-state index is 5.83. The number of alkyl halides is 1. The van der Waals surface area contributed by atoms with Crippen molar-refractivity contribution in [2.45, 2.75) is 12.8 Å². The molecule has 0 saturated carbocycles. The number of hydrogen-bond acceptors (Lipinski definition) is 1. The van der Waals surface area contributed by atoms with Gasteiger partial charge in [-0.1, -0.05) is 35.9 Å². The van der Waals surface area contributed by atoms with Gasteiger partial charge in [-0.3, -0.25) is 0 Å². The summed E-state index contributed by atoms with van der Waals surface area (Å²) in [7, 11) is 0. The molecule has 0 bridgehead atoms. The minimum atomic E-state index is 0.523. The molecule has 0 aliphatic heterocycles. The Labute approximate surface area is 111 Å². The van der Waals surface area contributed by atoms with Gasteiger partial charge in [0.05, 0.1) is 11.0 Å². The summed E-state index contributed by atoms with van der Waals surface area (Å²) >= 11 is 5.83. The predicted octanol–water partition coefficient (Wildman–Crippen LogP) is 4.28. The molecule has 0 saturated heterocycles. The zero-order valence-electron chi connectivity index (χ0n) is 10.1. The van der Waals surface area contributed by atoms with E-state index in [0.717, 1.165) is 28.0 Å². The van der Waals surface area contributed by atoms with Crippen molar-refractivity contribution in [3.63, 3.8) is 0 Å². The van der Waals surface area contributed by atoms with Crippen LogP contribution in [-0.2, 0) is 5.88 Å². The molecular weight excluding hydrogens is 244 g/mol. The van der Waals surface area contributed by atoms with Crippen LogP contribution in [0.1, 0.15) is 11.1 Å². The summed E-state index contributed by atoms with van der Waals surface area (Å²) in [5.41, 5.74) is 5.45. The minimum absolute atomic E-state index is 0.523. The highest BCUT2D eigenvalue weighted by Gasteiger charge is 2.05. The molecule has 0 spiro atoms. The smallest absolute Gasteiger partial charge is 0.138 e. The largest absolute Gasteiger partial charge is 0.338 e. The fraction of sp³-hybridized carbons (Fsp3) is 0.133. The van der Waals surface area contributed by atoms with Crippen molar-refractivity contribution in [1.82, 2.24) is 9.97 Å². The molecule has 3 rings (SSSR count). The number of H-pyrrole nitrogens is 1. The van der Waals surface area contributed by atoms with Gasteiger partial charge in [-0.15, -0.1) is 11.6 Å². The first-order valence-corrected chi connectivity index (χ1v) is 6.41. The number of aromatic nitrogens is 2. The molecule has 90 valence electrons. The molecule has 1 aromatic heterocycles. The molecule has 0 atom stereocenters. The zero-order chi connectivity index (χ0) is 12.5. The van der Waals surface area contributed by atoms with E-state index in [2.05, 4.69) is 41.2 Å². The van der Waals surface area contributed by atoms with Crippen LogP contribution in [0.5, 0.6) is 0 Å². The zero-order valence-corrected chi connectivity index (χ0v) is 10.8. The van der Waals surface area contributed by atoms with Crippen LogP contribution in [0.4, 0.5) is 0 Å². The quantitative estimate of drug-likeness (QED) is 0.682. The lowest BCUT2D eigenvalue weighted by Gasteiger charge is -1.96. The van der Waals surface area contributed by atoms with E-state index in [1.54, 1.807) is 0 Å². The monoisotopic (exact) mass is 256 g/mol. The molecule has 0 radical (unpaired) electrons. The maximum absolute atomic E-state index is 5.83. The topological polar surface area (TPSA) is 28.7 Å². The second kappa shape index (κ2) is 4.46. The number of nitrogens with zero attached hydrogens (tertiary/aromatic N) is 1. The molecule has 3 heteroatoms. The number of benzene rings is 2. The molecule has 1 N–H and O–H groups in total. The Morgan fingerprint density at radius 2 is 1.89 bits per heavy atom. The molecule has 0 fully saturated rings. The summed E-state index contributed by atoms with van der Waals surface area (Å²) in [5, 5.41) is 0. The normalized spacial score (nSPS) is 11.0. The third-order valence-corrected chi connectivity index (χ3v) is 3.33. The van der Waals surface area contributed by atoms with Crippen molar-refractivity contribution in [2.24, 2.45) is 0 Å². The first kappa shape index (κ1) is 11.3. The Bertz CT molecular complexity index is 683. The Hall–Kier alpha value is -1.80. The average molecular weight is 257 g/mol. The van der Waals surface area contributed by atoms with Gasteiger partial charge in [-0.25, -0.2) is 4.98 Å². The summed E-state index contributed by atoms with van der Waals surface area (Å²) in [6, 6.07) is 14.4. The van der Waals surface area contributed by atoms with Crippen LogP contribution in [0.2, 0.25) is 0 Å². The molecule has 3 aromatic rings.